The van der Waals surface area contributed by atoms with Crippen LogP contribution in [0.3, 0.4) is 0 Å². The second-order valence-electron chi connectivity index (χ2n) is 6.78. The maximum Gasteiger partial charge on any atom is 0.261 e. The van der Waals surface area contributed by atoms with E-state index in [0.717, 1.165) is 21.2 Å². The standard InChI is InChI=1S/C22H27BrN2O3/c1-5-24-22(27)17(4)25(13-18-7-6-8-19(23)12-18)21(26)14-28-20-10-9-15(2)11-16(20)3/h6-12,17H,5,13-14H2,1-4H3,(H,24,27). The van der Waals surface area contributed by atoms with Gasteiger partial charge in [-0.3, -0.25) is 9.59 Å². The molecule has 0 heterocycles. The summed E-state index contributed by atoms with van der Waals surface area (Å²) in [6.07, 6.45) is 0. The molecule has 2 rings (SSSR count). The first-order valence-electron chi connectivity index (χ1n) is 9.33. The lowest BCUT2D eigenvalue weighted by molar-refractivity contribution is -0.142. The van der Waals surface area contributed by atoms with Gasteiger partial charge in [-0.2, -0.15) is 0 Å². The third-order valence-corrected chi connectivity index (χ3v) is 4.94. The maximum atomic E-state index is 12.9. The molecule has 6 heteroatoms. The van der Waals surface area contributed by atoms with Crippen molar-refractivity contribution in [1.82, 2.24) is 10.2 Å². The molecule has 0 spiro atoms. The highest BCUT2D eigenvalue weighted by atomic mass is 79.9. The Hall–Kier alpha value is -2.34. The molecule has 1 unspecified atom stereocenters. The fourth-order valence-electron chi connectivity index (χ4n) is 2.92. The van der Waals surface area contributed by atoms with E-state index in [9.17, 15) is 9.59 Å². The Kier molecular flexibility index (Phi) is 8.05. The van der Waals surface area contributed by atoms with Gasteiger partial charge in [-0.1, -0.05) is 45.8 Å². The molecule has 0 aliphatic heterocycles. The summed E-state index contributed by atoms with van der Waals surface area (Å²) in [7, 11) is 0. The number of halogens is 1. The molecule has 2 aromatic carbocycles. The van der Waals surface area contributed by atoms with Gasteiger partial charge in [0.25, 0.3) is 5.91 Å². The molecule has 28 heavy (non-hydrogen) atoms. The maximum absolute atomic E-state index is 12.9. The summed E-state index contributed by atoms with van der Waals surface area (Å²) in [5.41, 5.74) is 3.05. The number of aryl methyl sites for hydroxylation is 2. The number of carbonyl (C=O) groups excluding carboxylic acids is 2. The van der Waals surface area contributed by atoms with Crippen LogP contribution in [0, 0.1) is 13.8 Å². The van der Waals surface area contributed by atoms with E-state index in [1.807, 2.05) is 63.2 Å². The summed E-state index contributed by atoms with van der Waals surface area (Å²) in [6.45, 7) is 8.26. The topological polar surface area (TPSA) is 58.6 Å². The number of hydrogen-bond acceptors (Lipinski definition) is 3. The quantitative estimate of drug-likeness (QED) is 0.666. The van der Waals surface area contributed by atoms with Crippen LogP contribution in [0.2, 0.25) is 0 Å². The minimum atomic E-state index is -0.603. The van der Waals surface area contributed by atoms with E-state index >= 15 is 0 Å². The number of hydrogen-bond donors (Lipinski definition) is 1. The molecular formula is C22H27BrN2O3. The van der Waals surface area contributed by atoms with Crippen LogP contribution < -0.4 is 10.1 Å². The number of nitrogens with one attached hydrogen (secondary N) is 1. The van der Waals surface area contributed by atoms with Gasteiger partial charge < -0.3 is 15.0 Å². The highest BCUT2D eigenvalue weighted by molar-refractivity contribution is 9.10. The van der Waals surface area contributed by atoms with E-state index < -0.39 is 6.04 Å². The molecule has 5 nitrogen and oxygen atoms in total. The van der Waals surface area contributed by atoms with E-state index in [1.165, 1.54) is 0 Å². The van der Waals surface area contributed by atoms with Crippen molar-refractivity contribution in [2.75, 3.05) is 13.2 Å². The summed E-state index contributed by atoms with van der Waals surface area (Å²) in [4.78, 5) is 26.9. The molecule has 1 atom stereocenters. The number of benzene rings is 2. The minimum Gasteiger partial charge on any atom is -0.483 e. The largest absolute Gasteiger partial charge is 0.483 e. The van der Waals surface area contributed by atoms with Crippen molar-refractivity contribution in [2.45, 2.75) is 40.3 Å². The normalized spacial score (nSPS) is 11.6. The van der Waals surface area contributed by atoms with Crippen molar-refractivity contribution in [1.29, 1.82) is 0 Å². The highest BCUT2D eigenvalue weighted by Gasteiger charge is 2.26. The number of rotatable bonds is 8. The Morgan fingerprint density at radius 1 is 1.18 bits per heavy atom. The predicted octanol–water partition coefficient (Wildman–Crippen LogP) is 4.00. The van der Waals surface area contributed by atoms with Crippen LogP contribution in [-0.2, 0) is 16.1 Å². The zero-order chi connectivity index (χ0) is 20.7. The number of carbonyl (C=O) groups is 2. The summed E-state index contributed by atoms with van der Waals surface area (Å²) in [5.74, 6) is 0.253. The molecule has 0 aromatic heterocycles. The molecule has 0 aliphatic carbocycles. The van der Waals surface area contributed by atoms with Crippen LogP contribution in [0.25, 0.3) is 0 Å². The smallest absolute Gasteiger partial charge is 0.261 e. The monoisotopic (exact) mass is 446 g/mol. The molecule has 1 N–H and O–H groups in total. The Morgan fingerprint density at radius 2 is 1.93 bits per heavy atom. The van der Waals surface area contributed by atoms with Crippen molar-refractivity contribution >= 4 is 27.7 Å². The molecule has 150 valence electrons. The molecule has 2 amide bonds. The van der Waals surface area contributed by atoms with Crippen LogP contribution in [0.5, 0.6) is 5.75 Å². The molecule has 0 saturated heterocycles. The van der Waals surface area contributed by atoms with Crippen molar-refractivity contribution in [3.63, 3.8) is 0 Å². The van der Waals surface area contributed by atoms with Crippen molar-refractivity contribution in [2.24, 2.45) is 0 Å². The first-order chi connectivity index (χ1) is 13.3. The third kappa shape index (κ3) is 6.09. The van der Waals surface area contributed by atoms with Gasteiger partial charge in [-0.25, -0.2) is 0 Å². The Bertz CT molecular complexity index is 838. The molecule has 2 aromatic rings. The van der Waals surface area contributed by atoms with Crippen molar-refractivity contribution < 1.29 is 14.3 Å². The fourth-order valence-corrected chi connectivity index (χ4v) is 3.37. The van der Waals surface area contributed by atoms with Crippen LogP contribution in [-0.4, -0.2) is 35.9 Å². The summed E-state index contributed by atoms with van der Waals surface area (Å²) in [5, 5.41) is 2.78. The van der Waals surface area contributed by atoms with Crippen molar-refractivity contribution in [3.05, 3.63) is 63.6 Å². The van der Waals surface area contributed by atoms with Gasteiger partial charge >= 0.3 is 0 Å². The minimum absolute atomic E-state index is 0.123. The molecule has 0 fully saturated rings. The van der Waals surface area contributed by atoms with Gasteiger partial charge in [0, 0.05) is 17.6 Å². The van der Waals surface area contributed by atoms with Gasteiger partial charge in [-0.15, -0.1) is 0 Å². The lowest BCUT2D eigenvalue weighted by Crippen LogP contribution is -2.49. The number of likely N-dealkylation sites (N-methyl/N-ethyl adjacent to an activating group) is 1. The van der Waals surface area contributed by atoms with Gasteiger partial charge in [0.05, 0.1) is 0 Å². The molecular weight excluding hydrogens is 420 g/mol. The Labute approximate surface area is 175 Å². The summed E-state index contributed by atoms with van der Waals surface area (Å²) in [6, 6.07) is 12.9. The first-order valence-corrected chi connectivity index (χ1v) is 10.1. The molecule has 0 radical (unpaired) electrons. The van der Waals surface area contributed by atoms with E-state index in [1.54, 1.807) is 11.8 Å². The lowest BCUT2D eigenvalue weighted by atomic mass is 10.1. The van der Waals surface area contributed by atoms with Gasteiger partial charge in [0.2, 0.25) is 5.91 Å². The SMILES string of the molecule is CCNC(=O)C(C)N(Cc1cccc(Br)c1)C(=O)COc1ccc(C)cc1C. The second kappa shape index (κ2) is 10.3. The zero-order valence-corrected chi connectivity index (χ0v) is 18.4. The van der Waals surface area contributed by atoms with Crippen molar-refractivity contribution in [3.8, 4) is 5.75 Å². The Balaban J connectivity index is 2.16. The van der Waals surface area contributed by atoms with Crippen LogP contribution in [0.1, 0.15) is 30.5 Å². The molecule has 0 aliphatic rings. The molecule has 0 bridgehead atoms. The van der Waals surface area contributed by atoms with E-state index in [2.05, 4.69) is 21.2 Å². The van der Waals surface area contributed by atoms with Crippen LogP contribution in [0.15, 0.2) is 46.9 Å². The van der Waals surface area contributed by atoms with Gasteiger partial charge in [0.1, 0.15) is 11.8 Å². The van der Waals surface area contributed by atoms with E-state index in [-0.39, 0.29) is 18.4 Å². The average Bonchev–Trinajstić information content (AvgIpc) is 2.65. The highest BCUT2D eigenvalue weighted by Crippen LogP contribution is 2.20. The summed E-state index contributed by atoms with van der Waals surface area (Å²) >= 11 is 3.45. The van der Waals surface area contributed by atoms with E-state index in [4.69, 9.17) is 4.74 Å². The van der Waals surface area contributed by atoms with Gasteiger partial charge in [0.15, 0.2) is 6.61 Å². The first kappa shape index (κ1) is 22.0. The third-order valence-electron chi connectivity index (χ3n) is 4.44. The number of ether oxygens (including phenoxy) is 1. The second-order valence-corrected chi connectivity index (χ2v) is 7.70. The Morgan fingerprint density at radius 3 is 2.57 bits per heavy atom. The zero-order valence-electron chi connectivity index (χ0n) is 16.8. The van der Waals surface area contributed by atoms with E-state index in [0.29, 0.717) is 18.8 Å². The fraction of sp³-hybridized carbons (Fsp3) is 0.364. The predicted molar refractivity (Wildman–Crippen MR) is 114 cm³/mol. The summed E-state index contributed by atoms with van der Waals surface area (Å²) < 4.78 is 6.68. The lowest BCUT2D eigenvalue weighted by Gasteiger charge is -2.28. The number of nitrogens with zero attached hydrogens (tertiary/aromatic N) is 1. The average molecular weight is 447 g/mol. The molecule has 0 saturated carbocycles. The van der Waals surface area contributed by atoms with Crippen LogP contribution in [0.4, 0.5) is 0 Å². The van der Waals surface area contributed by atoms with Gasteiger partial charge in [-0.05, 0) is 57.0 Å². The van der Waals surface area contributed by atoms with Crippen LogP contribution >= 0.6 is 15.9 Å². The number of amides is 2.